The molecule has 1 aliphatic rings. The number of benzene rings is 3. The van der Waals surface area contributed by atoms with Crippen molar-refractivity contribution >= 4 is 17.3 Å². The van der Waals surface area contributed by atoms with Crippen LogP contribution in [0.25, 0.3) is 0 Å². The van der Waals surface area contributed by atoms with E-state index in [-0.39, 0.29) is 24.1 Å². The standard InChI is InChI=1S/C24H22N2O5/c1-15-3-6-18(7-4-15)24(27)25-21-9-8-20(13-22(21)26(28)29)30-14-17-5-10-23-19(12-17)11-16(2)31-23/h3-10,12-13,16H,11,14H2,1-2H3,(H,25,27)/t16-/m1/s1. The number of nitro benzene ring substituents is 1. The zero-order chi connectivity index (χ0) is 22.0. The van der Waals surface area contributed by atoms with Crippen LogP contribution in [0.4, 0.5) is 11.4 Å². The Bertz CT molecular complexity index is 1140. The highest BCUT2D eigenvalue weighted by Crippen LogP contribution is 2.32. The number of anilines is 1. The molecule has 4 rings (SSSR count). The minimum atomic E-state index is -0.536. The molecule has 0 unspecified atom stereocenters. The molecule has 7 nitrogen and oxygen atoms in total. The molecule has 0 aromatic heterocycles. The van der Waals surface area contributed by atoms with Crippen molar-refractivity contribution in [2.24, 2.45) is 0 Å². The van der Waals surface area contributed by atoms with Crippen molar-refractivity contribution < 1.29 is 19.2 Å². The monoisotopic (exact) mass is 418 g/mol. The van der Waals surface area contributed by atoms with Crippen molar-refractivity contribution in [3.05, 3.63) is 93.0 Å². The van der Waals surface area contributed by atoms with Crippen LogP contribution >= 0.6 is 0 Å². The normalized spacial score (nSPS) is 14.5. The van der Waals surface area contributed by atoms with Gasteiger partial charge in [-0.15, -0.1) is 0 Å². The first-order valence-corrected chi connectivity index (χ1v) is 9.97. The Balaban J connectivity index is 1.47. The lowest BCUT2D eigenvalue weighted by Crippen LogP contribution is -2.13. The van der Waals surface area contributed by atoms with Gasteiger partial charge in [0.1, 0.15) is 29.9 Å². The lowest BCUT2D eigenvalue weighted by atomic mass is 10.1. The number of carbonyl (C=O) groups is 1. The number of hydrogen-bond acceptors (Lipinski definition) is 5. The fourth-order valence-electron chi connectivity index (χ4n) is 3.49. The third kappa shape index (κ3) is 4.66. The summed E-state index contributed by atoms with van der Waals surface area (Å²) in [6.07, 6.45) is 1.01. The van der Waals surface area contributed by atoms with Crippen molar-refractivity contribution in [1.82, 2.24) is 0 Å². The summed E-state index contributed by atoms with van der Waals surface area (Å²) in [7, 11) is 0. The maximum absolute atomic E-state index is 12.4. The number of nitrogens with one attached hydrogen (secondary N) is 1. The van der Waals surface area contributed by atoms with Crippen LogP contribution in [-0.4, -0.2) is 16.9 Å². The fourth-order valence-corrected chi connectivity index (χ4v) is 3.49. The first-order valence-electron chi connectivity index (χ1n) is 9.97. The Morgan fingerprint density at radius 3 is 2.68 bits per heavy atom. The van der Waals surface area contributed by atoms with Crippen molar-refractivity contribution in [1.29, 1.82) is 0 Å². The first-order chi connectivity index (χ1) is 14.9. The third-order valence-corrected chi connectivity index (χ3v) is 5.09. The highest BCUT2D eigenvalue weighted by molar-refractivity contribution is 6.05. The van der Waals surface area contributed by atoms with Crippen LogP contribution < -0.4 is 14.8 Å². The molecule has 7 heteroatoms. The number of ether oxygens (including phenoxy) is 2. The molecule has 0 radical (unpaired) electrons. The highest BCUT2D eigenvalue weighted by Gasteiger charge is 2.20. The minimum Gasteiger partial charge on any atom is -0.490 e. The van der Waals surface area contributed by atoms with Crippen LogP contribution in [0.1, 0.15) is 34.0 Å². The quantitative estimate of drug-likeness (QED) is 0.446. The Morgan fingerprint density at radius 1 is 1.16 bits per heavy atom. The summed E-state index contributed by atoms with van der Waals surface area (Å²) in [5.41, 5.74) is 3.43. The fraction of sp³-hybridized carbons (Fsp3) is 0.208. The van der Waals surface area contributed by atoms with Crippen LogP contribution in [0.3, 0.4) is 0 Å². The predicted octanol–water partition coefficient (Wildman–Crippen LogP) is 5.06. The van der Waals surface area contributed by atoms with Crippen molar-refractivity contribution in [3.8, 4) is 11.5 Å². The van der Waals surface area contributed by atoms with Gasteiger partial charge in [-0.3, -0.25) is 14.9 Å². The van der Waals surface area contributed by atoms with Gasteiger partial charge < -0.3 is 14.8 Å². The Morgan fingerprint density at radius 2 is 1.94 bits per heavy atom. The smallest absolute Gasteiger partial charge is 0.296 e. The summed E-state index contributed by atoms with van der Waals surface area (Å²) in [5.74, 6) is 0.831. The van der Waals surface area contributed by atoms with E-state index >= 15 is 0 Å². The maximum Gasteiger partial charge on any atom is 0.296 e. The highest BCUT2D eigenvalue weighted by atomic mass is 16.6. The van der Waals surface area contributed by atoms with E-state index in [1.54, 1.807) is 18.2 Å². The van der Waals surface area contributed by atoms with Gasteiger partial charge in [0.15, 0.2) is 0 Å². The summed E-state index contributed by atoms with van der Waals surface area (Å²) in [5, 5.41) is 14.2. The average molecular weight is 418 g/mol. The SMILES string of the molecule is Cc1ccc(C(=O)Nc2ccc(OCc3ccc4c(c3)C[C@@H](C)O4)cc2[N+](=O)[O-])cc1. The van der Waals surface area contributed by atoms with E-state index in [0.717, 1.165) is 28.9 Å². The maximum atomic E-state index is 12.4. The zero-order valence-corrected chi connectivity index (χ0v) is 17.3. The molecule has 1 amide bonds. The van der Waals surface area contributed by atoms with Gasteiger partial charge in [-0.1, -0.05) is 23.8 Å². The van der Waals surface area contributed by atoms with E-state index in [1.807, 2.05) is 44.2 Å². The predicted molar refractivity (Wildman–Crippen MR) is 117 cm³/mol. The molecule has 1 aliphatic heterocycles. The molecule has 0 saturated carbocycles. The molecule has 3 aromatic carbocycles. The Hall–Kier alpha value is -3.87. The van der Waals surface area contributed by atoms with E-state index in [2.05, 4.69) is 5.32 Å². The van der Waals surface area contributed by atoms with Crippen LogP contribution in [0, 0.1) is 17.0 Å². The van der Waals surface area contributed by atoms with Gasteiger partial charge in [-0.05, 0) is 61.4 Å². The topological polar surface area (TPSA) is 90.7 Å². The van der Waals surface area contributed by atoms with Crippen LogP contribution in [0.2, 0.25) is 0 Å². The number of amides is 1. The molecule has 0 spiro atoms. The molecule has 0 saturated heterocycles. The summed E-state index contributed by atoms with van der Waals surface area (Å²) >= 11 is 0. The van der Waals surface area contributed by atoms with Gasteiger partial charge >= 0.3 is 0 Å². The Labute approximate surface area is 179 Å². The van der Waals surface area contributed by atoms with Crippen molar-refractivity contribution in [3.63, 3.8) is 0 Å². The van der Waals surface area contributed by atoms with Gasteiger partial charge in [0.05, 0.1) is 11.0 Å². The molecule has 31 heavy (non-hydrogen) atoms. The van der Waals surface area contributed by atoms with Crippen LogP contribution in [0.15, 0.2) is 60.7 Å². The van der Waals surface area contributed by atoms with Gasteiger partial charge in [0, 0.05) is 12.0 Å². The van der Waals surface area contributed by atoms with Gasteiger partial charge in [-0.2, -0.15) is 0 Å². The third-order valence-electron chi connectivity index (χ3n) is 5.09. The summed E-state index contributed by atoms with van der Waals surface area (Å²) in [4.78, 5) is 23.5. The van der Waals surface area contributed by atoms with Crippen molar-refractivity contribution in [2.45, 2.75) is 33.0 Å². The van der Waals surface area contributed by atoms with Crippen LogP contribution in [0.5, 0.6) is 11.5 Å². The molecule has 3 aromatic rings. The molecule has 0 aliphatic carbocycles. The lowest BCUT2D eigenvalue weighted by molar-refractivity contribution is -0.384. The van der Waals surface area contributed by atoms with E-state index in [0.29, 0.717) is 11.3 Å². The molecule has 1 N–H and O–H groups in total. The van der Waals surface area contributed by atoms with E-state index in [9.17, 15) is 14.9 Å². The van der Waals surface area contributed by atoms with E-state index in [4.69, 9.17) is 9.47 Å². The number of fused-ring (bicyclic) bond motifs is 1. The lowest BCUT2D eigenvalue weighted by Gasteiger charge is -2.10. The summed E-state index contributed by atoms with van der Waals surface area (Å²) in [6, 6.07) is 17.3. The number of aryl methyl sites for hydroxylation is 1. The van der Waals surface area contributed by atoms with Gasteiger partial charge in [-0.25, -0.2) is 0 Å². The first kappa shape index (κ1) is 20.4. The minimum absolute atomic E-state index is 0.117. The molecular weight excluding hydrogens is 396 g/mol. The molecule has 0 fully saturated rings. The zero-order valence-electron chi connectivity index (χ0n) is 17.3. The molecule has 158 valence electrons. The van der Waals surface area contributed by atoms with Crippen LogP contribution in [-0.2, 0) is 13.0 Å². The number of nitrogens with zero attached hydrogens (tertiary/aromatic N) is 1. The average Bonchev–Trinajstić information content (AvgIpc) is 3.12. The number of carbonyl (C=O) groups excluding carboxylic acids is 1. The molecular formula is C24H22N2O5. The molecule has 1 heterocycles. The molecule has 1 atom stereocenters. The number of nitro groups is 1. The summed E-state index contributed by atoms with van der Waals surface area (Å²) in [6.45, 7) is 4.21. The van der Waals surface area contributed by atoms with E-state index < -0.39 is 10.8 Å². The number of rotatable bonds is 6. The van der Waals surface area contributed by atoms with Gasteiger partial charge in [0.2, 0.25) is 0 Å². The second-order valence-electron chi connectivity index (χ2n) is 7.62. The Kier molecular flexibility index (Phi) is 5.58. The summed E-state index contributed by atoms with van der Waals surface area (Å²) < 4.78 is 11.5. The van der Waals surface area contributed by atoms with E-state index in [1.165, 1.54) is 12.1 Å². The van der Waals surface area contributed by atoms with Crippen molar-refractivity contribution in [2.75, 3.05) is 5.32 Å². The number of hydrogen-bond donors (Lipinski definition) is 1. The second kappa shape index (κ2) is 8.47. The van der Waals surface area contributed by atoms with Gasteiger partial charge in [0.25, 0.3) is 11.6 Å². The largest absolute Gasteiger partial charge is 0.490 e. The second-order valence-corrected chi connectivity index (χ2v) is 7.62. The molecule has 0 bridgehead atoms.